The first kappa shape index (κ1) is 27.7. The number of hydrogen-bond acceptors (Lipinski definition) is 1. The normalized spacial score (nSPS) is 13.6. The molecule has 0 unspecified atom stereocenters. The zero-order valence-corrected chi connectivity index (χ0v) is 27.9. The second kappa shape index (κ2) is 9.94. The molecular formula is C49H32O. The molecule has 234 valence electrons. The summed E-state index contributed by atoms with van der Waals surface area (Å²) in [6.07, 6.45) is 0. The molecule has 10 aromatic rings. The van der Waals surface area contributed by atoms with Crippen LogP contribution in [0, 0.1) is 0 Å². The standard InChI is InChI=1S/C49H32O/c1-49(2)43-26-22-33(28-42(43)39-24-25-41-40-23-21-30-12-5-6-14-34(30)47(40)50-48(41)46(39)49)45-37-17-9-7-15-35(37)44(36-16-8-10-18-38(36)45)32-20-19-29-11-3-4-13-31(29)27-32/h3-28H,1-2H3. The van der Waals surface area contributed by atoms with Gasteiger partial charge < -0.3 is 4.42 Å². The van der Waals surface area contributed by atoms with Crippen LogP contribution in [0.25, 0.3) is 98.4 Å². The molecule has 0 saturated heterocycles. The molecular weight excluding hydrogens is 605 g/mol. The van der Waals surface area contributed by atoms with Gasteiger partial charge >= 0.3 is 0 Å². The minimum absolute atomic E-state index is 0.212. The van der Waals surface area contributed by atoms with Crippen LogP contribution in [0.4, 0.5) is 0 Å². The summed E-state index contributed by atoms with van der Waals surface area (Å²) in [5.74, 6) is 0. The quantitative estimate of drug-likeness (QED) is 0.172. The smallest absolute Gasteiger partial charge is 0.143 e. The topological polar surface area (TPSA) is 13.1 Å². The van der Waals surface area contributed by atoms with Crippen molar-refractivity contribution in [3.63, 3.8) is 0 Å². The van der Waals surface area contributed by atoms with Gasteiger partial charge in [0.15, 0.2) is 0 Å². The molecule has 1 aliphatic rings. The van der Waals surface area contributed by atoms with Crippen molar-refractivity contribution in [2.24, 2.45) is 0 Å². The summed E-state index contributed by atoms with van der Waals surface area (Å²) in [7, 11) is 0. The van der Waals surface area contributed by atoms with Crippen molar-refractivity contribution in [2.75, 3.05) is 0 Å². The highest BCUT2D eigenvalue weighted by Gasteiger charge is 2.39. The van der Waals surface area contributed by atoms with Crippen molar-refractivity contribution in [3.8, 4) is 33.4 Å². The first-order valence-electron chi connectivity index (χ1n) is 17.5. The van der Waals surface area contributed by atoms with Crippen LogP contribution in [0.5, 0.6) is 0 Å². The fourth-order valence-electron chi connectivity index (χ4n) is 9.11. The van der Waals surface area contributed by atoms with Crippen molar-refractivity contribution in [2.45, 2.75) is 19.3 Å². The van der Waals surface area contributed by atoms with Gasteiger partial charge in [-0.15, -0.1) is 0 Å². The van der Waals surface area contributed by atoms with Crippen molar-refractivity contribution in [1.29, 1.82) is 0 Å². The minimum Gasteiger partial charge on any atom is -0.455 e. The summed E-state index contributed by atoms with van der Waals surface area (Å²) in [5.41, 5.74) is 12.0. The van der Waals surface area contributed by atoms with Gasteiger partial charge in [-0.2, -0.15) is 0 Å². The summed E-state index contributed by atoms with van der Waals surface area (Å²) < 4.78 is 6.89. The molecule has 50 heavy (non-hydrogen) atoms. The Kier molecular flexibility index (Phi) is 5.51. The van der Waals surface area contributed by atoms with Crippen LogP contribution in [-0.4, -0.2) is 0 Å². The second-order valence-corrected chi connectivity index (χ2v) is 14.4. The Labute approximate surface area is 290 Å². The van der Waals surface area contributed by atoms with Gasteiger partial charge in [0.1, 0.15) is 11.2 Å². The summed E-state index contributed by atoms with van der Waals surface area (Å²) >= 11 is 0. The average Bonchev–Trinajstić information content (AvgIpc) is 3.65. The van der Waals surface area contributed by atoms with Gasteiger partial charge in [0.05, 0.1) is 0 Å². The van der Waals surface area contributed by atoms with E-state index in [2.05, 4.69) is 172 Å². The number of fused-ring (bicyclic) bond motifs is 12. The molecule has 1 heteroatoms. The molecule has 1 heterocycles. The molecule has 1 aliphatic carbocycles. The van der Waals surface area contributed by atoms with Gasteiger partial charge in [-0.1, -0.05) is 147 Å². The van der Waals surface area contributed by atoms with E-state index in [0.29, 0.717) is 0 Å². The number of benzene rings is 9. The van der Waals surface area contributed by atoms with E-state index < -0.39 is 0 Å². The lowest BCUT2D eigenvalue weighted by molar-refractivity contribution is 0.621. The largest absolute Gasteiger partial charge is 0.455 e. The fraction of sp³-hybridized carbons (Fsp3) is 0.0612. The lowest BCUT2D eigenvalue weighted by Gasteiger charge is -2.22. The second-order valence-electron chi connectivity index (χ2n) is 14.4. The predicted octanol–water partition coefficient (Wildman–Crippen LogP) is 13.8. The molecule has 0 fully saturated rings. The molecule has 0 atom stereocenters. The third-order valence-electron chi connectivity index (χ3n) is 11.4. The van der Waals surface area contributed by atoms with Gasteiger partial charge in [-0.25, -0.2) is 0 Å². The minimum atomic E-state index is -0.212. The van der Waals surface area contributed by atoms with E-state index in [-0.39, 0.29) is 5.41 Å². The van der Waals surface area contributed by atoms with Crippen molar-refractivity contribution < 1.29 is 4.42 Å². The van der Waals surface area contributed by atoms with Crippen LogP contribution in [-0.2, 0) is 5.41 Å². The van der Waals surface area contributed by atoms with E-state index in [1.54, 1.807) is 0 Å². The van der Waals surface area contributed by atoms with E-state index in [1.807, 2.05) is 0 Å². The molecule has 1 aromatic heterocycles. The summed E-state index contributed by atoms with van der Waals surface area (Å²) in [6.45, 7) is 4.70. The zero-order valence-electron chi connectivity index (χ0n) is 27.9. The maximum absolute atomic E-state index is 6.89. The van der Waals surface area contributed by atoms with Crippen molar-refractivity contribution >= 4 is 65.0 Å². The SMILES string of the molecule is CC1(C)c2ccc(-c3c4ccccc4c(-c4ccc5ccccc5c4)c4ccccc34)cc2-c2ccc3c(oc4c5ccccc5ccc34)c21. The molecule has 0 saturated carbocycles. The van der Waals surface area contributed by atoms with E-state index >= 15 is 0 Å². The van der Waals surface area contributed by atoms with Gasteiger partial charge in [-0.05, 0) is 101 Å². The monoisotopic (exact) mass is 636 g/mol. The van der Waals surface area contributed by atoms with Crippen LogP contribution in [0.15, 0.2) is 162 Å². The Morgan fingerprint density at radius 1 is 0.380 bits per heavy atom. The first-order valence-corrected chi connectivity index (χ1v) is 17.5. The molecule has 0 spiro atoms. The van der Waals surface area contributed by atoms with Crippen LogP contribution in [0.1, 0.15) is 25.0 Å². The maximum atomic E-state index is 6.89. The molecule has 11 rings (SSSR count). The molecule has 0 amide bonds. The number of furan rings is 1. The molecule has 0 N–H and O–H groups in total. The molecule has 1 nitrogen and oxygen atoms in total. The van der Waals surface area contributed by atoms with Gasteiger partial charge in [0, 0.05) is 27.1 Å². The Balaban J connectivity index is 1.17. The zero-order chi connectivity index (χ0) is 33.1. The van der Waals surface area contributed by atoms with Crippen molar-refractivity contribution in [3.05, 3.63) is 169 Å². The Hall–Kier alpha value is -6.18. The summed E-state index contributed by atoms with van der Waals surface area (Å²) in [6, 6.07) is 58.1. The highest BCUT2D eigenvalue weighted by Crippen LogP contribution is 2.54. The molecule has 0 aliphatic heterocycles. The molecule has 9 aromatic carbocycles. The predicted molar refractivity (Wildman–Crippen MR) is 212 cm³/mol. The van der Waals surface area contributed by atoms with Gasteiger partial charge in [0.25, 0.3) is 0 Å². The number of rotatable bonds is 2. The highest BCUT2D eigenvalue weighted by atomic mass is 16.3. The van der Waals surface area contributed by atoms with E-state index in [0.717, 1.165) is 16.6 Å². The molecule has 0 bridgehead atoms. The van der Waals surface area contributed by atoms with Crippen LogP contribution >= 0.6 is 0 Å². The third kappa shape index (κ3) is 3.67. The highest BCUT2D eigenvalue weighted by molar-refractivity contribution is 6.22. The van der Waals surface area contributed by atoms with Crippen LogP contribution in [0.2, 0.25) is 0 Å². The van der Waals surface area contributed by atoms with E-state index in [4.69, 9.17) is 4.42 Å². The van der Waals surface area contributed by atoms with Gasteiger partial charge in [-0.3, -0.25) is 0 Å². The van der Waals surface area contributed by atoms with Crippen LogP contribution in [0.3, 0.4) is 0 Å². The maximum Gasteiger partial charge on any atom is 0.143 e. The Morgan fingerprint density at radius 2 is 0.900 bits per heavy atom. The van der Waals surface area contributed by atoms with Crippen molar-refractivity contribution in [1.82, 2.24) is 0 Å². The lowest BCUT2D eigenvalue weighted by atomic mass is 9.81. The van der Waals surface area contributed by atoms with E-state index in [1.165, 1.54) is 93.0 Å². The Morgan fingerprint density at radius 3 is 1.60 bits per heavy atom. The van der Waals surface area contributed by atoms with Crippen LogP contribution < -0.4 is 0 Å². The summed E-state index contributed by atoms with van der Waals surface area (Å²) in [4.78, 5) is 0. The summed E-state index contributed by atoms with van der Waals surface area (Å²) in [5, 5.41) is 12.3. The van der Waals surface area contributed by atoms with Gasteiger partial charge in [0.2, 0.25) is 0 Å². The average molecular weight is 637 g/mol. The third-order valence-corrected chi connectivity index (χ3v) is 11.4. The first-order chi connectivity index (χ1) is 24.6. The van der Waals surface area contributed by atoms with E-state index in [9.17, 15) is 0 Å². The Bertz CT molecular complexity index is 3010. The lowest BCUT2D eigenvalue weighted by Crippen LogP contribution is -2.15. The molecule has 0 radical (unpaired) electrons. The number of hydrogen-bond donors (Lipinski definition) is 0. The fourth-order valence-corrected chi connectivity index (χ4v) is 9.11.